The summed E-state index contributed by atoms with van der Waals surface area (Å²) in [5.74, 6) is -1.07. The highest BCUT2D eigenvalue weighted by atomic mass is 19.1. The van der Waals surface area contributed by atoms with Gasteiger partial charge in [0.25, 0.3) is 0 Å². The van der Waals surface area contributed by atoms with Crippen molar-refractivity contribution in [2.75, 3.05) is 5.32 Å². The summed E-state index contributed by atoms with van der Waals surface area (Å²) < 4.78 is 26.7. The Hall–Kier alpha value is -1.16. The van der Waals surface area contributed by atoms with E-state index in [1.807, 2.05) is 0 Å². The Morgan fingerprint density at radius 1 is 1.06 bits per heavy atom. The zero-order valence-electron chi connectivity index (χ0n) is 9.05. The van der Waals surface area contributed by atoms with Gasteiger partial charge in [-0.2, -0.15) is 0 Å². The van der Waals surface area contributed by atoms with Crippen molar-refractivity contribution in [1.29, 1.82) is 0 Å². The molecule has 1 aliphatic rings. The minimum atomic E-state index is -0.533. The molecule has 0 aliphatic heterocycles. The summed E-state index contributed by atoms with van der Waals surface area (Å²) in [5, 5.41) is 2.93. The summed E-state index contributed by atoms with van der Waals surface area (Å²) in [5.41, 5.74) is 5.76. The highest BCUT2D eigenvalue weighted by molar-refractivity contribution is 5.46. The van der Waals surface area contributed by atoms with E-state index in [0.717, 1.165) is 25.7 Å². The molecule has 0 amide bonds. The third-order valence-corrected chi connectivity index (χ3v) is 3.08. The lowest BCUT2D eigenvalue weighted by atomic mass is 9.91. The van der Waals surface area contributed by atoms with Crippen LogP contribution >= 0.6 is 0 Å². The molecule has 0 heterocycles. The number of benzene rings is 1. The molecule has 1 aliphatic carbocycles. The molecular formula is C12H16F2N2. The molecule has 1 fully saturated rings. The molecule has 0 aromatic heterocycles. The summed E-state index contributed by atoms with van der Waals surface area (Å²) in [6, 6.07) is 4.27. The van der Waals surface area contributed by atoms with E-state index in [1.54, 1.807) is 0 Å². The summed E-state index contributed by atoms with van der Waals surface area (Å²) in [4.78, 5) is 0. The van der Waals surface area contributed by atoms with E-state index >= 15 is 0 Å². The van der Waals surface area contributed by atoms with Crippen LogP contribution in [-0.2, 0) is 0 Å². The van der Waals surface area contributed by atoms with Gasteiger partial charge >= 0.3 is 0 Å². The van der Waals surface area contributed by atoms with Gasteiger partial charge in [0.1, 0.15) is 17.3 Å². The van der Waals surface area contributed by atoms with Crippen molar-refractivity contribution in [2.24, 2.45) is 5.73 Å². The van der Waals surface area contributed by atoms with E-state index in [1.165, 1.54) is 18.2 Å². The van der Waals surface area contributed by atoms with Crippen molar-refractivity contribution >= 4 is 5.69 Å². The monoisotopic (exact) mass is 226 g/mol. The number of nitrogens with one attached hydrogen (secondary N) is 1. The van der Waals surface area contributed by atoms with Crippen LogP contribution in [0.5, 0.6) is 0 Å². The van der Waals surface area contributed by atoms with Gasteiger partial charge in [-0.15, -0.1) is 0 Å². The van der Waals surface area contributed by atoms with Gasteiger partial charge in [-0.3, -0.25) is 0 Å². The van der Waals surface area contributed by atoms with Gasteiger partial charge in [-0.25, -0.2) is 8.78 Å². The van der Waals surface area contributed by atoms with Crippen molar-refractivity contribution in [1.82, 2.24) is 0 Å². The maximum Gasteiger partial charge on any atom is 0.149 e. The maximum atomic E-state index is 13.4. The topological polar surface area (TPSA) is 38.0 Å². The van der Waals surface area contributed by atoms with E-state index in [4.69, 9.17) is 5.73 Å². The molecular weight excluding hydrogens is 210 g/mol. The first-order valence-corrected chi connectivity index (χ1v) is 5.63. The Bertz CT molecular complexity index is 340. The number of rotatable bonds is 2. The number of hydrogen-bond acceptors (Lipinski definition) is 2. The van der Waals surface area contributed by atoms with Gasteiger partial charge in [-0.05, 0) is 37.8 Å². The highest BCUT2D eigenvalue weighted by Crippen LogP contribution is 2.24. The van der Waals surface area contributed by atoms with Crippen LogP contribution in [0.3, 0.4) is 0 Å². The van der Waals surface area contributed by atoms with Crippen molar-refractivity contribution in [3.05, 3.63) is 29.8 Å². The molecule has 88 valence electrons. The molecule has 1 aromatic carbocycles. The molecule has 0 atom stereocenters. The molecule has 1 saturated carbocycles. The predicted molar refractivity (Wildman–Crippen MR) is 60.2 cm³/mol. The van der Waals surface area contributed by atoms with Gasteiger partial charge in [0.2, 0.25) is 0 Å². The number of hydrogen-bond donors (Lipinski definition) is 2. The predicted octanol–water partition coefficient (Wildman–Crippen LogP) is 2.65. The average molecular weight is 226 g/mol. The fraction of sp³-hybridized carbons (Fsp3) is 0.500. The van der Waals surface area contributed by atoms with Crippen molar-refractivity contribution in [3.8, 4) is 0 Å². The first kappa shape index (κ1) is 11.3. The van der Waals surface area contributed by atoms with E-state index in [0.29, 0.717) is 0 Å². The molecule has 0 bridgehead atoms. The van der Waals surface area contributed by atoms with Crippen LogP contribution in [0, 0.1) is 11.6 Å². The second-order valence-electron chi connectivity index (χ2n) is 4.35. The normalized spacial score (nSPS) is 25.4. The van der Waals surface area contributed by atoms with E-state index in [9.17, 15) is 8.78 Å². The van der Waals surface area contributed by atoms with Gasteiger partial charge in [0, 0.05) is 12.1 Å². The maximum absolute atomic E-state index is 13.4. The Kier molecular flexibility index (Phi) is 3.39. The van der Waals surface area contributed by atoms with E-state index in [-0.39, 0.29) is 17.8 Å². The molecule has 1 aromatic rings. The van der Waals surface area contributed by atoms with Crippen LogP contribution in [0.15, 0.2) is 18.2 Å². The molecule has 4 heteroatoms. The molecule has 0 unspecified atom stereocenters. The van der Waals surface area contributed by atoms with Crippen molar-refractivity contribution in [3.63, 3.8) is 0 Å². The Balaban J connectivity index is 2.04. The summed E-state index contributed by atoms with van der Waals surface area (Å²) in [6.45, 7) is 0. The lowest BCUT2D eigenvalue weighted by molar-refractivity contribution is 0.408. The minimum Gasteiger partial charge on any atom is -0.378 e. The second kappa shape index (κ2) is 4.78. The third-order valence-electron chi connectivity index (χ3n) is 3.08. The Morgan fingerprint density at radius 2 is 1.62 bits per heavy atom. The van der Waals surface area contributed by atoms with E-state index in [2.05, 4.69) is 5.32 Å². The Labute approximate surface area is 93.8 Å². The molecule has 0 radical (unpaired) electrons. The van der Waals surface area contributed by atoms with Crippen molar-refractivity contribution in [2.45, 2.75) is 37.8 Å². The molecule has 2 nitrogen and oxygen atoms in total. The van der Waals surface area contributed by atoms with Crippen molar-refractivity contribution < 1.29 is 8.78 Å². The zero-order valence-corrected chi connectivity index (χ0v) is 9.05. The molecule has 0 spiro atoms. The highest BCUT2D eigenvalue weighted by Gasteiger charge is 2.20. The molecule has 0 saturated heterocycles. The first-order valence-electron chi connectivity index (χ1n) is 5.63. The SMILES string of the molecule is NC1CCC(Nc2c(F)cccc2F)CC1. The molecule has 3 N–H and O–H groups in total. The molecule has 16 heavy (non-hydrogen) atoms. The van der Waals surface area contributed by atoms with Crippen LogP contribution < -0.4 is 11.1 Å². The average Bonchev–Trinajstić information content (AvgIpc) is 2.26. The number of nitrogens with two attached hydrogens (primary N) is 1. The van der Waals surface area contributed by atoms with Crippen LogP contribution in [0.2, 0.25) is 0 Å². The quantitative estimate of drug-likeness (QED) is 0.813. The fourth-order valence-electron chi connectivity index (χ4n) is 2.10. The van der Waals surface area contributed by atoms with Gasteiger partial charge in [0.15, 0.2) is 0 Å². The van der Waals surface area contributed by atoms with Crippen LogP contribution in [0.25, 0.3) is 0 Å². The summed E-state index contributed by atoms with van der Waals surface area (Å²) >= 11 is 0. The van der Waals surface area contributed by atoms with Crippen LogP contribution in [0.4, 0.5) is 14.5 Å². The molecule has 2 rings (SSSR count). The fourth-order valence-corrected chi connectivity index (χ4v) is 2.10. The smallest absolute Gasteiger partial charge is 0.149 e. The number of anilines is 1. The Morgan fingerprint density at radius 3 is 2.19 bits per heavy atom. The summed E-state index contributed by atoms with van der Waals surface area (Å²) in [6.07, 6.45) is 3.56. The van der Waals surface area contributed by atoms with Gasteiger partial charge in [0.05, 0.1) is 0 Å². The first-order chi connectivity index (χ1) is 7.66. The standard InChI is InChI=1S/C12H16F2N2/c13-10-2-1-3-11(14)12(10)16-9-6-4-8(15)5-7-9/h1-3,8-9,16H,4-7,15H2. The second-order valence-corrected chi connectivity index (χ2v) is 4.35. The third kappa shape index (κ3) is 2.50. The lowest BCUT2D eigenvalue weighted by Gasteiger charge is -2.27. The summed E-state index contributed by atoms with van der Waals surface area (Å²) in [7, 11) is 0. The van der Waals surface area contributed by atoms with Gasteiger partial charge < -0.3 is 11.1 Å². The number of halogens is 2. The minimum absolute atomic E-state index is 0.0111. The van der Waals surface area contributed by atoms with Crippen LogP contribution in [0.1, 0.15) is 25.7 Å². The largest absolute Gasteiger partial charge is 0.378 e. The van der Waals surface area contributed by atoms with E-state index < -0.39 is 11.6 Å². The number of para-hydroxylation sites is 1. The van der Waals surface area contributed by atoms with Crippen LogP contribution in [-0.4, -0.2) is 12.1 Å². The van der Waals surface area contributed by atoms with Gasteiger partial charge in [-0.1, -0.05) is 6.07 Å². The lowest BCUT2D eigenvalue weighted by Crippen LogP contribution is -2.33. The zero-order chi connectivity index (χ0) is 11.5.